The molecule has 28 heavy (non-hydrogen) atoms. The molecule has 4 rings (SSSR count). The second-order valence-corrected chi connectivity index (χ2v) is 11.1. The molecule has 0 spiro atoms. The lowest BCUT2D eigenvalue weighted by Gasteiger charge is -2.64. The number of hydrogen-bond donors (Lipinski definition) is 5. The predicted octanol–water partition coefficient (Wildman–Crippen LogP) is 2.05. The summed E-state index contributed by atoms with van der Waals surface area (Å²) in [6, 6.07) is 0.180. The van der Waals surface area contributed by atoms with Gasteiger partial charge in [-0.1, -0.05) is 26.7 Å². The fourth-order valence-corrected chi connectivity index (χ4v) is 9.11. The Bertz CT molecular complexity index is 575. The maximum Gasteiger partial charge on any atom is 0.0857 e. The topological polar surface area (TPSA) is 107 Å². The highest BCUT2D eigenvalue weighted by molar-refractivity contribution is 5.18. The Kier molecular flexibility index (Phi) is 5.41. The zero-order valence-electron chi connectivity index (χ0n) is 17.7. The first-order valence-electron chi connectivity index (χ1n) is 11.6. The molecule has 0 radical (unpaired) electrons. The van der Waals surface area contributed by atoms with Gasteiger partial charge < -0.3 is 26.2 Å². The summed E-state index contributed by atoms with van der Waals surface area (Å²) in [5.41, 5.74) is 6.06. The van der Waals surface area contributed by atoms with Crippen LogP contribution in [-0.2, 0) is 0 Å². The molecule has 4 fully saturated rings. The molecule has 0 aromatic heterocycles. The van der Waals surface area contributed by atoms with E-state index in [1.54, 1.807) is 0 Å². The number of fused-ring (bicyclic) bond motifs is 5. The number of nitrogens with two attached hydrogens (primary N) is 1. The smallest absolute Gasteiger partial charge is 0.0857 e. The van der Waals surface area contributed by atoms with Crippen molar-refractivity contribution in [3.63, 3.8) is 0 Å². The highest BCUT2D eigenvalue weighted by Crippen LogP contribution is 2.71. The second kappa shape index (κ2) is 7.19. The highest BCUT2D eigenvalue weighted by Gasteiger charge is 2.69. The summed E-state index contributed by atoms with van der Waals surface area (Å²) >= 11 is 0. The van der Waals surface area contributed by atoms with Gasteiger partial charge in [0.15, 0.2) is 0 Å². The average Bonchev–Trinajstić information content (AvgIpc) is 3.01. The molecule has 0 aromatic rings. The minimum absolute atomic E-state index is 0.180. The standard InChI is InChI=1S/C23H41NO4/c1-21-8-4-3-5-14(21)11-17(24)20-15(21)6-9-22(2)16(20)7-10-23(22,18(27)12-25)19(28)13-26/h14-20,25-28H,3-13,24H2,1-2H3/t14?,15-,16+,17?,18?,19?,20-,21+,22+,23?/m1/s1. The van der Waals surface area contributed by atoms with E-state index in [9.17, 15) is 20.4 Å². The fourth-order valence-electron chi connectivity index (χ4n) is 9.11. The average molecular weight is 396 g/mol. The Morgan fingerprint density at radius 2 is 1.54 bits per heavy atom. The largest absolute Gasteiger partial charge is 0.394 e. The molecule has 5 heteroatoms. The van der Waals surface area contributed by atoms with E-state index in [1.807, 2.05) is 0 Å². The van der Waals surface area contributed by atoms with Crippen LogP contribution in [0.25, 0.3) is 0 Å². The van der Waals surface area contributed by atoms with Crippen molar-refractivity contribution in [3.8, 4) is 0 Å². The summed E-state index contributed by atoms with van der Waals surface area (Å²) in [5, 5.41) is 41.4. The van der Waals surface area contributed by atoms with Gasteiger partial charge >= 0.3 is 0 Å². The van der Waals surface area contributed by atoms with E-state index in [0.29, 0.717) is 29.6 Å². The molecule has 4 saturated carbocycles. The van der Waals surface area contributed by atoms with Crippen LogP contribution in [0.1, 0.15) is 71.6 Å². The van der Waals surface area contributed by atoms with Crippen LogP contribution in [0, 0.1) is 39.9 Å². The minimum atomic E-state index is -1.01. The van der Waals surface area contributed by atoms with Crippen molar-refractivity contribution in [2.75, 3.05) is 13.2 Å². The first kappa shape index (κ1) is 21.0. The molecule has 0 saturated heterocycles. The SMILES string of the molecule is C[C@]12CCCCC1CC(N)[C@@H]1[C@H]2CC[C@@]2(C)[C@H]1CCC2(C(O)CO)C(O)CO. The zero-order valence-corrected chi connectivity index (χ0v) is 17.7. The molecule has 0 aliphatic heterocycles. The van der Waals surface area contributed by atoms with E-state index in [-0.39, 0.29) is 24.7 Å². The lowest BCUT2D eigenvalue weighted by Crippen LogP contribution is -2.64. The molecule has 4 aliphatic rings. The van der Waals surface area contributed by atoms with E-state index < -0.39 is 17.6 Å². The summed E-state index contributed by atoms with van der Waals surface area (Å²) in [6.07, 6.45) is 7.92. The Morgan fingerprint density at radius 3 is 2.18 bits per heavy atom. The van der Waals surface area contributed by atoms with E-state index >= 15 is 0 Å². The van der Waals surface area contributed by atoms with Crippen molar-refractivity contribution in [3.05, 3.63) is 0 Å². The monoisotopic (exact) mass is 395 g/mol. The van der Waals surface area contributed by atoms with Gasteiger partial charge in [-0.15, -0.1) is 0 Å². The maximum absolute atomic E-state index is 10.9. The molecule has 0 amide bonds. The molecule has 9 atom stereocenters. The Labute approximate surface area is 169 Å². The van der Waals surface area contributed by atoms with Gasteiger partial charge in [0.25, 0.3) is 0 Å². The van der Waals surface area contributed by atoms with Crippen molar-refractivity contribution in [1.82, 2.24) is 0 Å². The molecule has 0 aromatic carbocycles. The highest BCUT2D eigenvalue weighted by atomic mass is 16.3. The molecule has 6 N–H and O–H groups in total. The van der Waals surface area contributed by atoms with Gasteiger partial charge in [0.05, 0.1) is 25.4 Å². The molecule has 4 unspecified atom stereocenters. The van der Waals surface area contributed by atoms with Crippen molar-refractivity contribution in [2.24, 2.45) is 45.7 Å². The van der Waals surface area contributed by atoms with Crippen molar-refractivity contribution in [1.29, 1.82) is 0 Å². The normalized spacial score (nSPS) is 53.0. The van der Waals surface area contributed by atoms with Crippen LogP contribution in [0.5, 0.6) is 0 Å². The fraction of sp³-hybridized carbons (Fsp3) is 1.00. The minimum Gasteiger partial charge on any atom is -0.394 e. The van der Waals surface area contributed by atoms with Crippen molar-refractivity contribution < 1.29 is 20.4 Å². The van der Waals surface area contributed by atoms with Crippen LogP contribution in [0.3, 0.4) is 0 Å². The molecular weight excluding hydrogens is 354 g/mol. The van der Waals surface area contributed by atoms with Crippen LogP contribution in [0.4, 0.5) is 0 Å². The second-order valence-electron chi connectivity index (χ2n) is 11.1. The third-order valence-electron chi connectivity index (χ3n) is 10.5. The van der Waals surface area contributed by atoms with Crippen molar-refractivity contribution >= 4 is 0 Å². The summed E-state index contributed by atoms with van der Waals surface area (Å²) < 4.78 is 0. The lowest BCUT2D eigenvalue weighted by molar-refractivity contribution is -0.197. The van der Waals surface area contributed by atoms with Gasteiger partial charge in [-0.2, -0.15) is 0 Å². The van der Waals surface area contributed by atoms with E-state index in [2.05, 4.69) is 13.8 Å². The van der Waals surface area contributed by atoms with Gasteiger partial charge in [0.1, 0.15) is 0 Å². The van der Waals surface area contributed by atoms with Crippen LogP contribution in [-0.4, -0.2) is 51.9 Å². The van der Waals surface area contributed by atoms with Crippen molar-refractivity contribution in [2.45, 2.75) is 89.9 Å². The van der Waals surface area contributed by atoms with Gasteiger partial charge in [-0.3, -0.25) is 0 Å². The Morgan fingerprint density at radius 1 is 0.893 bits per heavy atom. The van der Waals surface area contributed by atoms with Crippen LogP contribution < -0.4 is 5.73 Å². The Balaban J connectivity index is 1.72. The van der Waals surface area contributed by atoms with Gasteiger partial charge in [-0.05, 0) is 79.4 Å². The number of rotatable bonds is 4. The third kappa shape index (κ3) is 2.56. The zero-order chi connectivity index (χ0) is 20.3. The van der Waals surface area contributed by atoms with E-state index in [4.69, 9.17) is 5.73 Å². The van der Waals surface area contributed by atoms with Crippen LogP contribution in [0.15, 0.2) is 0 Å². The number of aliphatic hydroxyl groups is 4. The first-order chi connectivity index (χ1) is 13.3. The predicted molar refractivity (Wildman–Crippen MR) is 108 cm³/mol. The molecule has 5 nitrogen and oxygen atoms in total. The molecule has 4 aliphatic carbocycles. The summed E-state index contributed by atoms with van der Waals surface area (Å²) in [5.74, 6) is 2.10. The summed E-state index contributed by atoms with van der Waals surface area (Å²) in [4.78, 5) is 0. The van der Waals surface area contributed by atoms with E-state index in [0.717, 1.165) is 31.6 Å². The Hall–Kier alpha value is -0.200. The number of aliphatic hydroxyl groups excluding tert-OH is 4. The quantitative estimate of drug-likeness (QED) is 0.501. The molecular formula is C23H41NO4. The molecule has 0 bridgehead atoms. The third-order valence-corrected chi connectivity index (χ3v) is 10.5. The maximum atomic E-state index is 10.9. The van der Waals surface area contributed by atoms with Gasteiger partial charge in [-0.25, -0.2) is 0 Å². The summed E-state index contributed by atoms with van der Waals surface area (Å²) in [7, 11) is 0. The van der Waals surface area contributed by atoms with Crippen LogP contribution >= 0.6 is 0 Å². The molecule has 162 valence electrons. The summed E-state index contributed by atoms with van der Waals surface area (Å²) in [6.45, 7) is 3.95. The van der Waals surface area contributed by atoms with Gasteiger partial charge in [0.2, 0.25) is 0 Å². The molecule has 0 heterocycles. The number of hydrogen-bond acceptors (Lipinski definition) is 5. The first-order valence-corrected chi connectivity index (χ1v) is 11.6. The van der Waals surface area contributed by atoms with E-state index in [1.165, 1.54) is 25.7 Å². The lowest BCUT2D eigenvalue weighted by atomic mass is 9.42. The van der Waals surface area contributed by atoms with Gasteiger partial charge in [0, 0.05) is 11.5 Å². The van der Waals surface area contributed by atoms with Crippen LogP contribution in [0.2, 0.25) is 0 Å².